The van der Waals surface area contributed by atoms with Crippen LogP contribution in [0.1, 0.15) is 26.2 Å². The van der Waals surface area contributed by atoms with Crippen molar-refractivity contribution in [3.05, 3.63) is 12.2 Å². The summed E-state index contributed by atoms with van der Waals surface area (Å²) >= 11 is 0. The van der Waals surface area contributed by atoms with Crippen LogP contribution in [-0.4, -0.2) is 14.3 Å². The van der Waals surface area contributed by atoms with Crippen LogP contribution in [0, 0.1) is 17.3 Å². The topological polar surface area (TPSA) is 26.3 Å². The maximum Gasteiger partial charge on any atom is 0.296 e. The van der Waals surface area contributed by atoms with Crippen molar-refractivity contribution in [1.29, 1.82) is 0 Å². The van der Waals surface area contributed by atoms with Gasteiger partial charge in [0.1, 0.15) is 0 Å². The quantitative estimate of drug-likeness (QED) is 0.557. The average Bonchev–Trinajstić information content (AvgIpc) is 2.74. The number of carbonyl (C=O) groups is 1. The maximum atomic E-state index is 12.1. The molecule has 0 amide bonds. The first-order chi connectivity index (χ1) is 7.32. The monoisotopic (exact) mass is 238 g/mol. The number of allylic oxidation sites excluding steroid dienone is 2. The molecule has 2 bridgehead atoms. The van der Waals surface area contributed by atoms with Crippen LogP contribution >= 0.6 is 0 Å². The Morgan fingerprint density at radius 1 is 1.50 bits per heavy atom. The van der Waals surface area contributed by atoms with Crippen molar-refractivity contribution in [2.45, 2.75) is 45.8 Å². The van der Waals surface area contributed by atoms with Gasteiger partial charge in [0.25, 0.3) is 5.97 Å². The summed E-state index contributed by atoms with van der Waals surface area (Å²) in [6, 6.07) is 0. The molecule has 0 heterocycles. The Bertz CT molecular complexity index is 329. The van der Waals surface area contributed by atoms with E-state index in [0.29, 0.717) is 0 Å². The first-order valence-corrected chi connectivity index (χ1v) is 9.65. The van der Waals surface area contributed by atoms with Crippen molar-refractivity contribution in [1.82, 2.24) is 0 Å². The van der Waals surface area contributed by atoms with E-state index in [2.05, 4.69) is 31.8 Å². The second kappa shape index (κ2) is 3.72. The van der Waals surface area contributed by atoms with Gasteiger partial charge in [-0.2, -0.15) is 0 Å². The molecule has 0 aromatic carbocycles. The predicted molar refractivity (Wildman–Crippen MR) is 67.5 cm³/mol. The highest BCUT2D eigenvalue weighted by atomic mass is 28.4. The SMILES string of the molecule is CC(C(=O)O[Si](C)(C)C)C12C=CC(CC1)C2. The minimum atomic E-state index is -1.74. The van der Waals surface area contributed by atoms with Crippen LogP contribution < -0.4 is 0 Å². The van der Waals surface area contributed by atoms with E-state index in [1.165, 1.54) is 6.42 Å². The summed E-state index contributed by atoms with van der Waals surface area (Å²) in [5, 5.41) is 0. The molecule has 2 rings (SSSR count). The predicted octanol–water partition coefficient (Wildman–Crippen LogP) is 3.36. The van der Waals surface area contributed by atoms with Gasteiger partial charge in [-0.15, -0.1) is 0 Å². The largest absolute Gasteiger partial charge is 0.520 e. The third-order valence-electron chi connectivity index (χ3n) is 3.95. The van der Waals surface area contributed by atoms with E-state index in [4.69, 9.17) is 4.43 Å². The Hall–Kier alpha value is -0.573. The molecule has 2 aliphatic rings. The fourth-order valence-corrected chi connectivity index (χ4v) is 3.73. The summed E-state index contributed by atoms with van der Waals surface area (Å²) in [5.74, 6) is 0.775. The molecule has 0 saturated heterocycles. The van der Waals surface area contributed by atoms with Gasteiger partial charge >= 0.3 is 0 Å². The molecule has 0 aliphatic heterocycles. The van der Waals surface area contributed by atoms with Crippen molar-refractivity contribution in [2.24, 2.45) is 17.3 Å². The van der Waals surface area contributed by atoms with Crippen LogP contribution in [0.2, 0.25) is 19.6 Å². The number of rotatable bonds is 3. The van der Waals surface area contributed by atoms with Crippen molar-refractivity contribution < 1.29 is 9.22 Å². The van der Waals surface area contributed by atoms with Crippen LogP contribution in [0.4, 0.5) is 0 Å². The van der Waals surface area contributed by atoms with E-state index in [0.717, 1.165) is 18.8 Å². The third-order valence-corrected chi connectivity index (χ3v) is 4.76. The highest BCUT2D eigenvalue weighted by molar-refractivity contribution is 6.71. The molecule has 0 spiro atoms. The molecular weight excluding hydrogens is 216 g/mol. The van der Waals surface area contributed by atoms with Gasteiger partial charge in [0, 0.05) is 5.41 Å². The van der Waals surface area contributed by atoms with Crippen LogP contribution in [0.5, 0.6) is 0 Å². The molecule has 16 heavy (non-hydrogen) atoms. The summed E-state index contributed by atoms with van der Waals surface area (Å²) in [6.45, 7) is 8.24. The lowest BCUT2D eigenvalue weighted by Gasteiger charge is -2.31. The Morgan fingerprint density at radius 2 is 2.19 bits per heavy atom. The fourth-order valence-electron chi connectivity index (χ4n) is 2.95. The highest BCUT2D eigenvalue weighted by Crippen LogP contribution is 2.53. The minimum Gasteiger partial charge on any atom is -0.520 e. The molecule has 3 atom stereocenters. The average molecular weight is 238 g/mol. The summed E-state index contributed by atoms with van der Waals surface area (Å²) in [6.07, 6.45) is 8.14. The maximum absolute atomic E-state index is 12.1. The molecule has 1 saturated carbocycles. The molecule has 0 radical (unpaired) electrons. The molecule has 90 valence electrons. The van der Waals surface area contributed by atoms with Gasteiger partial charge in [0.2, 0.25) is 8.32 Å². The molecule has 0 aromatic heterocycles. The normalized spacial score (nSPS) is 34.1. The standard InChI is InChI=1S/C13H22O2Si/c1-10(12(14)15-16(2,3)4)13-7-5-11(9-13)6-8-13/h5,7,10-11H,6,8-9H2,1-4H3. The van der Waals surface area contributed by atoms with E-state index in [1.54, 1.807) is 0 Å². The van der Waals surface area contributed by atoms with Crippen molar-refractivity contribution in [2.75, 3.05) is 0 Å². The molecule has 2 aliphatic carbocycles. The van der Waals surface area contributed by atoms with E-state index in [9.17, 15) is 4.79 Å². The van der Waals surface area contributed by atoms with Crippen LogP contribution in [0.25, 0.3) is 0 Å². The Kier molecular flexibility index (Phi) is 2.77. The molecule has 1 fully saturated rings. The number of carbonyl (C=O) groups excluding carboxylic acids is 1. The molecule has 2 nitrogen and oxygen atoms in total. The summed E-state index contributed by atoms with van der Waals surface area (Å²) in [4.78, 5) is 12.1. The van der Waals surface area contributed by atoms with Gasteiger partial charge < -0.3 is 4.43 Å². The molecule has 3 heteroatoms. The van der Waals surface area contributed by atoms with Gasteiger partial charge in [-0.25, -0.2) is 0 Å². The molecule has 0 N–H and O–H groups in total. The van der Waals surface area contributed by atoms with Crippen LogP contribution in [0.3, 0.4) is 0 Å². The Morgan fingerprint density at radius 3 is 2.56 bits per heavy atom. The van der Waals surface area contributed by atoms with Gasteiger partial charge in [0.15, 0.2) is 0 Å². The zero-order chi connectivity index (χ0) is 12.0. The first-order valence-electron chi connectivity index (χ1n) is 6.25. The van der Waals surface area contributed by atoms with Crippen LogP contribution in [0.15, 0.2) is 12.2 Å². The van der Waals surface area contributed by atoms with E-state index >= 15 is 0 Å². The number of hydrogen-bond donors (Lipinski definition) is 0. The zero-order valence-corrected chi connectivity index (χ0v) is 11.7. The fraction of sp³-hybridized carbons (Fsp3) is 0.769. The van der Waals surface area contributed by atoms with E-state index < -0.39 is 8.32 Å². The number of hydrogen-bond acceptors (Lipinski definition) is 2. The van der Waals surface area contributed by atoms with E-state index in [1.807, 2.05) is 6.92 Å². The zero-order valence-electron chi connectivity index (χ0n) is 10.7. The van der Waals surface area contributed by atoms with Gasteiger partial charge in [0.05, 0.1) is 5.92 Å². The van der Waals surface area contributed by atoms with Crippen molar-refractivity contribution in [3.63, 3.8) is 0 Å². The van der Waals surface area contributed by atoms with Gasteiger partial charge in [-0.05, 0) is 44.8 Å². The van der Waals surface area contributed by atoms with Crippen molar-refractivity contribution >= 4 is 14.3 Å². The summed E-state index contributed by atoms with van der Waals surface area (Å²) in [5.41, 5.74) is 0.126. The van der Waals surface area contributed by atoms with Gasteiger partial charge in [-0.1, -0.05) is 19.1 Å². The number of fused-ring (bicyclic) bond motifs is 2. The lowest BCUT2D eigenvalue weighted by atomic mass is 9.76. The second-order valence-electron chi connectivity index (χ2n) is 6.35. The third kappa shape index (κ3) is 2.10. The lowest BCUT2D eigenvalue weighted by Crippen LogP contribution is -2.37. The smallest absolute Gasteiger partial charge is 0.296 e. The first kappa shape index (κ1) is 11.9. The minimum absolute atomic E-state index is 0.0198. The second-order valence-corrected chi connectivity index (χ2v) is 10.8. The Balaban J connectivity index is 2.05. The molecular formula is C13H22O2Si. The van der Waals surface area contributed by atoms with E-state index in [-0.39, 0.29) is 17.3 Å². The lowest BCUT2D eigenvalue weighted by molar-refractivity contribution is -0.142. The molecule has 3 unspecified atom stereocenters. The summed E-state index contributed by atoms with van der Waals surface area (Å²) in [7, 11) is -1.74. The van der Waals surface area contributed by atoms with Crippen molar-refractivity contribution in [3.8, 4) is 0 Å². The summed E-state index contributed by atoms with van der Waals surface area (Å²) < 4.78 is 5.62. The Labute approximate surface area is 99.2 Å². The molecule has 0 aromatic rings. The van der Waals surface area contributed by atoms with Gasteiger partial charge in [-0.3, -0.25) is 4.79 Å². The highest BCUT2D eigenvalue weighted by Gasteiger charge is 2.47. The van der Waals surface area contributed by atoms with Crippen LogP contribution in [-0.2, 0) is 9.22 Å².